The van der Waals surface area contributed by atoms with Crippen LogP contribution in [0.1, 0.15) is 22.8 Å². The molecule has 0 aliphatic heterocycles. The van der Waals surface area contributed by atoms with Crippen LogP contribution in [0.4, 0.5) is 0 Å². The van der Waals surface area contributed by atoms with Crippen LogP contribution in [-0.2, 0) is 16.4 Å². The number of oxazole rings is 1. The molecule has 0 radical (unpaired) electrons. The summed E-state index contributed by atoms with van der Waals surface area (Å²) in [5.74, 6) is 1.25. The van der Waals surface area contributed by atoms with E-state index < -0.39 is 10.0 Å². The number of rotatable bonds is 5. The Balaban J connectivity index is 2.04. The van der Waals surface area contributed by atoms with Gasteiger partial charge in [0.25, 0.3) is 0 Å². The van der Waals surface area contributed by atoms with Crippen LogP contribution in [-0.4, -0.2) is 19.9 Å². The molecule has 0 saturated carbocycles. The minimum atomic E-state index is -3.48. The van der Waals surface area contributed by atoms with Crippen molar-refractivity contribution in [3.05, 3.63) is 47.2 Å². The predicted molar refractivity (Wildman–Crippen MR) is 76.0 cm³/mol. The maximum Gasteiger partial charge on any atom is 0.240 e. The van der Waals surface area contributed by atoms with E-state index in [1.54, 1.807) is 32.2 Å². The van der Waals surface area contributed by atoms with Crippen molar-refractivity contribution in [2.45, 2.75) is 32.1 Å². The third kappa shape index (κ3) is 3.46. The molecule has 0 spiro atoms. The number of benzene rings is 1. The van der Waals surface area contributed by atoms with E-state index in [9.17, 15) is 8.42 Å². The Morgan fingerprint density at radius 3 is 2.60 bits per heavy atom. The molecule has 20 heavy (non-hydrogen) atoms. The largest absolute Gasteiger partial charge is 0.446 e. The molecule has 5 nitrogen and oxygen atoms in total. The van der Waals surface area contributed by atoms with Crippen LogP contribution in [0.25, 0.3) is 0 Å². The fraction of sp³-hybridized carbons (Fsp3) is 0.357. The third-order valence-corrected chi connectivity index (χ3v) is 4.57. The second-order valence-corrected chi connectivity index (χ2v) is 6.50. The highest BCUT2D eigenvalue weighted by atomic mass is 32.2. The Morgan fingerprint density at radius 2 is 2.00 bits per heavy atom. The smallest absolute Gasteiger partial charge is 0.240 e. The van der Waals surface area contributed by atoms with E-state index in [-0.39, 0.29) is 6.54 Å². The van der Waals surface area contributed by atoms with Crippen LogP contribution >= 0.6 is 0 Å². The summed E-state index contributed by atoms with van der Waals surface area (Å²) in [5.41, 5.74) is 1.78. The van der Waals surface area contributed by atoms with Crippen molar-refractivity contribution >= 4 is 10.0 Å². The molecule has 2 aromatic rings. The minimum Gasteiger partial charge on any atom is -0.446 e. The van der Waals surface area contributed by atoms with Gasteiger partial charge in [0.2, 0.25) is 10.0 Å². The third-order valence-electron chi connectivity index (χ3n) is 2.95. The van der Waals surface area contributed by atoms with Gasteiger partial charge >= 0.3 is 0 Å². The standard InChI is InChI=1S/C14H18N2O3S/c1-10-4-5-14(11(2)8-10)20(17,18)16-7-6-13-9-15-12(3)19-13/h4-5,8-9,16H,6-7H2,1-3H3. The summed E-state index contributed by atoms with van der Waals surface area (Å²) >= 11 is 0. The lowest BCUT2D eigenvalue weighted by atomic mass is 10.2. The number of hydrogen-bond acceptors (Lipinski definition) is 4. The molecule has 2 rings (SSSR count). The molecule has 1 aromatic carbocycles. The topological polar surface area (TPSA) is 72.2 Å². The molecule has 108 valence electrons. The average Bonchev–Trinajstić information content (AvgIpc) is 2.74. The van der Waals surface area contributed by atoms with Crippen molar-refractivity contribution in [3.8, 4) is 0 Å². The normalized spacial score (nSPS) is 11.8. The summed E-state index contributed by atoms with van der Waals surface area (Å²) in [4.78, 5) is 4.29. The van der Waals surface area contributed by atoms with Crippen LogP contribution in [0.15, 0.2) is 33.7 Å². The van der Waals surface area contributed by atoms with Gasteiger partial charge in [-0.15, -0.1) is 0 Å². The molecule has 0 unspecified atom stereocenters. The van der Waals surface area contributed by atoms with Crippen molar-refractivity contribution in [1.29, 1.82) is 0 Å². The zero-order valence-electron chi connectivity index (χ0n) is 11.8. The molecule has 0 atom stereocenters. The lowest BCUT2D eigenvalue weighted by Crippen LogP contribution is -2.26. The highest BCUT2D eigenvalue weighted by molar-refractivity contribution is 7.89. The lowest BCUT2D eigenvalue weighted by molar-refractivity contribution is 0.473. The molecule has 0 bridgehead atoms. The highest BCUT2D eigenvalue weighted by Crippen LogP contribution is 2.16. The predicted octanol–water partition coefficient (Wildman–Crippen LogP) is 2.12. The van der Waals surface area contributed by atoms with Gasteiger partial charge in [-0.25, -0.2) is 18.1 Å². The number of hydrogen-bond donors (Lipinski definition) is 1. The second-order valence-electron chi connectivity index (χ2n) is 4.76. The Kier molecular flexibility index (Phi) is 4.25. The molecule has 0 amide bonds. The fourth-order valence-electron chi connectivity index (χ4n) is 2.01. The van der Waals surface area contributed by atoms with Gasteiger partial charge in [0.05, 0.1) is 11.1 Å². The summed E-state index contributed by atoms with van der Waals surface area (Å²) in [6.07, 6.45) is 2.09. The van der Waals surface area contributed by atoms with Gasteiger partial charge in [-0.2, -0.15) is 0 Å². The first-order valence-corrected chi connectivity index (χ1v) is 7.85. The molecule has 0 aliphatic rings. The van der Waals surface area contributed by atoms with Gasteiger partial charge in [-0.1, -0.05) is 17.7 Å². The van der Waals surface area contributed by atoms with Gasteiger partial charge in [-0.3, -0.25) is 0 Å². The van der Waals surface area contributed by atoms with E-state index in [0.717, 1.165) is 11.1 Å². The number of aromatic nitrogens is 1. The van der Waals surface area contributed by atoms with Gasteiger partial charge < -0.3 is 4.42 Å². The molecule has 0 fully saturated rings. The first-order valence-electron chi connectivity index (χ1n) is 6.37. The molecule has 0 saturated heterocycles. The van der Waals surface area contributed by atoms with E-state index in [4.69, 9.17) is 4.42 Å². The van der Waals surface area contributed by atoms with Gasteiger partial charge in [0, 0.05) is 19.9 Å². The molecule has 1 aromatic heterocycles. The highest BCUT2D eigenvalue weighted by Gasteiger charge is 2.16. The number of nitrogens with zero attached hydrogens (tertiary/aromatic N) is 1. The maximum absolute atomic E-state index is 12.2. The van der Waals surface area contributed by atoms with E-state index in [0.29, 0.717) is 23.0 Å². The average molecular weight is 294 g/mol. The van der Waals surface area contributed by atoms with Crippen LogP contribution in [0.3, 0.4) is 0 Å². The SMILES string of the molecule is Cc1ccc(S(=O)(=O)NCCc2cnc(C)o2)c(C)c1. The Labute approximate surface area is 119 Å². The van der Waals surface area contributed by atoms with Crippen molar-refractivity contribution in [3.63, 3.8) is 0 Å². The van der Waals surface area contributed by atoms with Crippen molar-refractivity contribution < 1.29 is 12.8 Å². The van der Waals surface area contributed by atoms with E-state index in [2.05, 4.69) is 9.71 Å². The summed E-state index contributed by atoms with van der Waals surface area (Å²) in [6, 6.07) is 5.28. The Bertz CT molecular complexity index is 705. The Morgan fingerprint density at radius 1 is 1.25 bits per heavy atom. The summed E-state index contributed by atoms with van der Waals surface area (Å²) in [7, 11) is -3.48. The molecule has 6 heteroatoms. The first-order chi connectivity index (χ1) is 9.38. The van der Waals surface area contributed by atoms with E-state index >= 15 is 0 Å². The van der Waals surface area contributed by atoms with E-state index in [1.807, 2.05) is 13.0 Å². The van der Waals surface area contributed by atoms with Gasteiger partial charge in [0.15, 0.2) is 5.89 Å². The van der Waals surface area contributed by atoms with Crippen molar-refractivity contribution in [2.24, 2.45) is 0 Å². The van der Waals surface area contributed by atoms with Crippen LogP contribution < -0.4 is 4.72 Å². The summed E-state index contributed by atoms with van der Waals surface area (Å²) in [6.45, 7) is 5.76. The molecule has 1 N–H and O–H groups in total. The minimum absolute atomic E-state index is 0.282. The first kappa shape index (κ1) is 14.7. The Hall–Kier alpha value is -1.66. The van der Waals surface area contributed by atoms with Crippen LogP contribution in [0.5, 0.6) is 0 Å². The lowest BCUT2D eigenvalue weighted by Gasteiger charge is -2.09. The molecular formula is C14H18N2O3S. The van der Waals surface area contributed by atoms with Crippen LogP contribution in [0.2, 0.25) is 0 Å². The summed E-state index contributed by atoms with van der Waals surface area (Å²) < 4.78 is 32.3. The number of sulfonamides is 1. The molecular weight excluding hydrogens is 276 g/mol. The van der Waals surface area contributed by atoms with Gasteiger partial charge in [-0.05, 0) is 25.5 Å². The molecule has 1 heterocycles. The van der Waals surface area contributed by atoms with Gasteiger partial charge in [0.1, 0.15) is 5.76 Å². The van der Waals surface area contributed by atoms with E-state index in [1.165, 1.54) is 0 Å². The van der Waals surface area contributed by atoms with Crippen molar-refractivity contribution in [1.82, 2.24) is 9.71 Å². The monoisotopic (exact) mass is 294 g/mol. The fourth-order valence-corrected chi connectivity index (χ4v) is 3.26. The maximum atomic E-state index is 12.2. The second kappa shape index (κ2) is 5.76. The zero-order valence-corrected chi connectivity index (χ0v) is 12.6. The number of nitrogens with one attached hydrogen (secondary N) is 1. The zero-order chi connectivity index (χ0) is 14.8. The van der Waals surface area contributed by atoms with Crippen molar-refractivity contribution in [2.75, 3.05) is 6.54 Å². The molecule has 0 aliphatic carbocycles. The summed E-state index contributed by atoms with van der Waals surface area (Å²) in [5, 5.41) is 0. The number of aryl methyl sites for hydroxylation is 3. The van der Waals surface area contributed by atoms with Crippen LogP contribution in [0, 0.1) is 20.8 Å². The quantitative estimate of drug-likeness (QED) is 0.917.